The summed E-state index contributed by atoms with van der Waals surface area (Å²) < 4.78 is 38.7. The summed E-state index contributed by atoms with van der Waals surface area (Å²) in [6.07, 6.45) is -3.59. The molecule has 0 nitrogen and oxygen atoms in total. The lowest BCUT2D eigenvalue weighted by Crippen LogP contribution is -2.23. The molecule has 0 spiro atoms. The van der Waals surface area contributed by atoms with E-state index in [9.17, 15) is 13.2 Å². The number of hydrogen-bond donors (Lipinski definition) is 0. The van der Waals surface area contributed by atoms with Crippen molar-refractivity contribution >= 4 is 0 Å². The SMILES string of the molecule is CCC(C)(C)c1c(C)cccc1C(F)(F)F. The average molecular weight is 230 g/mol. The molecule has 0 saturated carbocycles. The van der Waals surface area contributed by atoms with E-state index in [1.54, 1.807) is 13.0 Å². The van der Waals surface area contributed by atoms with Crippen LogP contribution in [0, 0.1) is 6.92 Å². The highest BCUT2D eigenvalue weighted by molar-refractivity contribution is 5.41. The fourth-order valence-electron chi connectivity index (χ4n) is 1.98. The van der Waals surface area contributed by atoms with Gasteiger partial charge in [-0.3, -0.25) is 0 Å². The number of aryl methyl sites for hydroxylation is 1. The van der Waals surface area contributed by atoms with Crippen molar-refractivity contribution in [2.45, 2.75) is 45.7 Å². The molecule has 0 aliphatic heterocycles. The van der Waals surface area contributed by atoms with Crippen molar-refractivity contribution in [3.63, 3.8) is 0 Å². The molecule has 1 aromatic carbocycles. The lowest BCUT2D eigenvalue weighted by atomic mass is 9.77. The van der Waals surface area contributed by atoms with Crippen molar-refractivity contribution in [2.24, 2.45) is 0 Å². The molecule has 0 bridgehead atoms. The molecule has 0 unspecified atom stereocenters. The molecule has 0 saturated heterocycles. The molecule has 16 heavy (non-hydrogen) atoms. The Morgan fingerprint density at radius 1 is 1.12 bits per heavy atom. The maximum atomic E-state index is 12.9. The summed E-state index contributed by atoms with van der Waals surface area (Å²) in [5, 5.41) is 0. The van der Waals surface area contributed by atoms with Crippen LogP contribution in [0.25, 0.3) is 0 Å². The molecular weight excluding hydrogens is 213 g/mol. The van der Waals surface area contributed by atoms with Gasteiger partial charge in [0.15, 0.2) is 0 Å². The summed E-state index contributed by atoms with van der Waals surface area (Å²) in [7, 11) is 0. The van der Waals surface area contributed by atoms with Crippen LogP contribution in [0.3, 0.4) is 0 Å². The second-order valence-corrected chi connectivity index (χ2v) is 4.73. The molecule has 0 N–H and O–H groups in total. The summed E-state index contributed by atoms with van der Waals surface area (Å²) in [4.78, 5) is 0. The normalized spacial score (nSPS) is 12.9. The molecule has 0 aliphatic rings. The topological polar surface area (TPSA) is 0 Å². The van der Waals surface area contributed by atoms with E-state index in [0.717, 1.165) is 0 Å². The molecule has 1 rings (SSSR count). The van der Waals surface area contributed by atoms with E-state index in [1.807, 2.05) is 20.8 Å². The molecule has 0 aromatic heterocycles. The van der Waals surface area contributed by atoms with Gasteiger partial charge in [-0.25, -0.2) is 0 Å². The summed E-state index contributed by atoms with van der Waals surface area (Å²) in [5.41, 5.74) is 0.182. The zero-order chi connectivity index (χ0) is 12.6. The van der Waals surface area contributed by atoms with E-state index in [0.29, 0.717) is 17.5 Å². The highest BCUT2D eigenvalue weighted by Crippen LogP contribution is 2.40. The van der Waals surface area contributed by atoms with Gasteiger partial charge in [-0.15, -0.1) is 0 Å². The van der Waals surface area contributed by atoms with Crippen LogP contribution in [-0.4, -0.2) is 0 Å². The standard InChI is InChI=1S/C13H17F3/c1-5-12(3,4)11-9(2)7-6-8-10(11)13(14,15)16/h6-8H,5H2,1-4H3. The Labute approximate surface area is 94.5 Å². The first-order valence-corrected chi connectivity index (χ1v) is 5.37. The quantitative estimate of drug-likeness (QED) is 0.690. The number of benzene rings is 1. The Kier molecular flexibility index (Phi) is 3.36. The van der Waals surface area contributed by atoms with Crippen LogP contribution in [0.2, 0.25) is 0 Å². The van der Waals surface area contributed by atoms with Gasteiger partial charge in [0.05, 0.1) is 5.56 Å². The van der Waals surface area contributed by atoms with Crippen LogP contribution < -0.4 is 0 Å². The van der Waals surface area contributed by atoms with Crippen molar-refractivity contribution in [3.8, 4) is 0 Å². The third kappa shape index (κ3) is 2.39. The molecule has 0 aliphatic carbocycles. The smallest absolute Gasteiger partial charge is 0.166 e. The molecular formula is C13H17F3. The Morgan fingerprint density at radius 3 is 2.12 bits per heavy atom. The highest BCUT2D eigenvalue weighted by Gasteiger charge is 2.37. The van der Waals surface area contributed by atoms with Crippen LogP contribution in [0.4, 0.5) is 13.2 Å². The van der Waals surface area contributed by atoms with E-state index in [1.165, 1.54) is 12.1 Å². The Hall–Kier alpha value is -0.990. The molecule has 0 fully saturated rings. The summed E-state index contributed by atoms with van der Waals surface area (Å²) >= 11 is 0. The van der Waals surface area contributed by atoms with Crippen molar-refractivity contribution in [1.82, 2.24) is 0 Å². The van der Waals surface area contributed by atoms with Crippen molar-refractivity contribution in [3.05, 3.63) is 34.9 Å². The largest absolute Gasteiger partial charge is 0.416 e. The van der Waals surface area contributed by atoms with Crippen LogP contribution in [0.1, 0.15) is 43.9 Å². The first-order chi connectivity index (χ1) is 7.20. The van der Waals surface area contributed by atoms with Gasteiger partial charge in [-0.2, -0.15) is 13.2 Å². The Balaban J connectivity index is 3.48. The van der Waals surface area contributed by atoms with Gasteiger partial charge < -0.3 is 0 Å². The fraction of sp³-hybridized carbons (Fsp3) is 0.538. The summed E-state index contributed by atoms with van der Waals surface area (Å²) in [5.74, 6) is 0. The third-order valence-corrected chi connectivity index (χ3v) is 3.14. The molecule has 0 radical (unpaired) electrons. The van der Waals surface area contributed by atoms with E-state index in [-0.39, 0.29) is 0 Å². The Morgan fingerprint density at radius 2 is 1.69 bits per heavy atom. The van der Waals surface area contributed by atoms with Gasteiger partial charge in [0, 0.05) is 0 Å². The van der Waals surface area contributed by atoms with Gasteiger partial charge >= 0.3 is 6.18 Å². The van der Waals surface area contributed by atoms with E-state index in [4.69, 9.17) is 0 Å². The molecule has 0 atom stereocenters. The van der Waals surface area contributed by atoms with E-state index < -0.39 is 17.2 Å². The van der Waals surface area contributed by atoms with Gasteiger partial charge in [-0.05, 0) is 36.0 Å². The van der Waals surface area contributed by atoms with Gasteiger partial charge in [0.25, 0.3) is 0 Å². The monoisotopic (exact) mass is 230 g/mol. The van der Waals surface area contributed by atoms with E-state index in [2.05, 4.69) is 0 Å². The highest BCUT2D eigenvalue weighted by atomic mass is 19.4. The average Bonchev–Trinajstić information content (AvgIpc) is 2.15. The lowest BCUT2D eigenvalue weighted by Gasteiger charge is -2.29. The first kappa shape index (κ1) is 13.1. The molecule has 3 heteroatoms. The Bertz CT molecular complexity index is 375. The predicted molar refractivity (Wildman–Crippen MR) is 59.5 cm³/mol. The van der Waals surface area contributed by atoms with Crippen molar-refractivity contribution in [2.75, 3.05) is 0 Å². The predicted octanol–water partition coefficient (Wildman–Crippen LogP) is 4.70. The molecule has 0 amide bonds. The summed E-state index contributed by atoms with van der Waals surface area (Å²) in [6, 6.07) is 4.37. The second kappa shape index (κ2) is 4.11. The molecule has 90 valence electrons. The number of halogens is 3. The minimum atomic E-state index is -4.27. The fourth-order valence-corrected chi connectivity index (χ4v) is 1.98. The zero-order valence-electron chi connectivity index (χ0n) is 10.1. The lowest BCUT2D eigenvalue weighted by molar-refractivity contribution is -0.138. The zero-order valence-corrected chi connectivity index (χ0v) is 10.1. The van der Waals surface area contributed by atoms with Crippen LogP contribution >= 0.6 is 0 Å². The number of hydrogen-bond acceptors (Lipinski definition) is 0. The van der Waals surface area contributed by atoms with Crippen LogP contribution in [0.15, 0.2) is 18.2 Å². The van der Waals surface area contributed by atoms with Gasteiger partial charge in [-0.1, -0.05) is 32.9 Å². The number of alkyl halides is 3. The first-order valence-electron chi connectivity index (χ1n) is 5.37. The van der Waals surface area contributed by atoms with Crippen molar-refractivity contribution in [1.29, 1.82) is 0 Å². The second-order valence-electron chi connectivity index (χ2n) is 4.73. The maximum Gasteiger partial charge on any atom is 0.416 e. The molecule has 1 aromatic rings. The third-order valence-electron chi connectivity index (χ3n) is 3.14. The van der Waals surface area contributed by atoms with Gasteiger partial charge in [0.1, 0.15) is 0 Å². The maximum absolute atomic E-state index is 12.9. The van der Waals surface area contributed by atoms with Crippen LogP contribution in [-0.2, 0) is 11.6 Å². The minimum absolute atomic E-state index is 0.421. The minimum Gasteiger partial charge on any atom is -0.166 e. The van der Waals surface area contributed by atoms with E-state index >= 15 is 0 Å². The molecule has 0 heterocycles. The van der Waals surface area contributed by atoms with Gasteiger partial charge in [0.2, 0.25) is 0 Å². The number of rotatable bonds is 2. The van der Waals surface area contributed by atoms with Crippen molar-refractivity contribution < 1.29 is 13.2 Å². The summed E-state index contributed by atoms with van der Waals surface area (Å²) in [6.45, 7) is 7.35. The van der Waals surface area contributed by atoms with Crippen LogP contribution in [0.5, 0.6) is 0 Å².